The Balaban J connectivity index is 2.74. The second kappa shape index (κ2) is 5.14. The van der Waals surface area contributed by atoms with Gasteiger partial charge in [-0.15, -0.1) is 0 Å². The van der Waals surface area contributed by atoms with E-state index in [0.29, 0.717) is 6.54 Å². The number of aromatic nitrogens is 1. The molecule has 0 bridgehead atoms. The van der Waals surface area contributed by atoms with Crippen LogP contribution < -0.4 is 5.32 Å². The molecule has 1 aromatic heterocycles. The summed E-state index contributed by atoms with van der Waals surface area (Å²) >= 11 is 0. The predicted molar refractivity (Wildman–Crippen MR) is 72.4 cm³/mol. The fourth-order valence-electron chi connectivity index (χ4n) is 1.61. The molecule has 0 atom stereocenters. The topological polar surface area (TPSA) is 54.3 Å². The summed E-state index contributed by atoms with van der Waals surface area (Å²) in [7, 11) is 0. The molecule has 0 fully saturated rings. The number of nitrogens with zero attached hydrogens (tertiary/aromatic N) is 1. The molecule has 2 N–H and O–H groups in total. The largest absolute Gasteiger partial charge is 0.481 e. The Morgan fingerprint density at radius 2 is 1.94 bits per heavy atom. The van der Waals surface area contributed by atoms with Crippen LogP contribution in [-0.2, 0) is 17.9 Å². The molecule has 0 spiro atoms. The van der Waals surface area contributed by atoms with E-state index >= 15 is 0 Å². The Morgan fingerprint density at radius 3 is 2.44 bits per heavy atom. The van der Waals surface area contributed by atoms with Crippen LogP contribution in [0.2, 0.25) is 0 Å². The van der Waals surface area contributed by atoms with E-state index in [1.54, 1.807) is 13.8 Å². The number of hydrogen-bond acceptors (Lipinski definition) is 2. The average molecular weight is 252 g/mol. The lowest BCUT2D eigenvalue weighted by atomic mass is 9.94. The molecule has 0 amide bonds. The van der Waals surface area contributed by atoms with Gasteiger partial charge in [-0.05, 0) is 46.8 Å². The highest BCUT2D eigenvalue weighted by Crippen LogP contribution is 2.20. The van der Waals surface area contributed by atoms with Crippen molar-refractivity contribution < 1.29 is 9.90 Å². The standard InChI is InChI=1S/C14H24N2O2/c1-13(2,3)15-9-11-7-6-8-16(11)10-14(4,5)12(17)18/h6-8,15H,9-10H2,1-5H3,(H,17,18). The fraction of sp³-hybridized carbons (Fsp3) is 0.643. The quantitative estimate of drug-likeness (QED) is 0.846. The zero-order valence-corrected chi connectivity index (χ0v) is 11.9. The molecule has 0 aliphatic carbocycles. The molecule has 18 heavy (non-hydrogen) atoms. The van der Waals surface area contributed by atoms with Crippen molar-refractivity contribution in [2.75, 3.05) is 0 Å². The van der Waals surface area contributed by atoms with Crippen LogP contribution in [0.15, 0.2) is 18.3 Å². The number of carboxylic acid groups (broad SMARTS) is 1. The van der Waals surface area contributed by atoms with E-state index in [1.807, 2.05) is 22.9 Å². The van der Waals surface area contributed by atoms with Crippen molar-refractivity contribution in [1.29, 1.82) is 0 Å². The molecule has 1 aromatic rings. The van der Waals surface area contributed by atoms with Gasteiger partial charge in [-0.3, -0.25) is 4.79 Å². The van der Waals surface area contributed by atoms with Crippen LogP contribution in [0.4, 0.5) is 0 Å². The van der Waals surface area contributed by atoms with E-state index in [4.69, 9.17) is 5.11 Å². The van der Waals surface area contributed by atoms with Crippen LogP contribution in [0.3, 0.4) is 0 Å². The van der Waals surface area contributed by atoms with Gasteiger partial charge in [0.15, 0.2) is 0 Å². The van der Waals surface area contributed by atoms with Crippen molar-refractivity contribution in [3.05, 3.63) is 24.0 Å². The monoisotopic (exact) mass is 252 g/mol. The molecule has 0 radical (unpaired) electrons. The first-order valence-electron chi connectivity index (χ1n) is 6.24. The summed E-state index contributed by atoms with van der Waals surface area (Å²) in [5.41, 5.74) is 0.409. The van der Waals surface area contributed by atoms with Crippen molar-refractivity contribution in [3.8, 4) is 0 Å². The Kier molecular flexibility index (Phi) is 4.22. The molecule has 102 valence electrons. The van der Waals surface area contributed by atoms with Gasteiger partial charge in [0, 0.05) is 30.5 Å². The molecule has 0 aromatic carbocycles. The van der Waals surface area contributed by atoms with Crippen molar-refractivity contribution in [2.24, 2.45) is 5.41 Å². The van der Waals surface area contributed by atoms with E-state index in [2.05, 4.69) is 26.1 Å². The van der Waals surface area contributed by atoms with E-state index in [-0.39, 0.29) is 5.54 Å². The van der Waals surface area contributed by atoms with Crippen LogP contribution in [0.5, 0.6) is 0 Å². The molecule has 1 rings (SSSR count). The third kappa shape index (κ3) is 4.18. The third-order valence-electron chi connectivity index (χ3n) is 2.87. The summed E-state index contributed by atoms with van der Waals surface area (Å²) in [6.45, 7) is 11.1. The van der Waals surface area contributed by atoms with Crippen molar-refractivity contribution in [3.63, 3.8) is 0 Å². The molecule has 4 heteroatoms. The third-order valence-corrected chi connectivity index (χ3v) is 2.87. The van der Waals surface area contributed by atoms with Crippen LogP contribution >= 0.6 is 0 Å². The first-order chi connectivity index (χ1) is 8.12. The fourth-order valence-corrected chi connectivity index (χ4v) is 1.61. The van der Waals surface area contributed by atoms with E-state index in [0.717, 1.165) is 12.2 Å². The highest BCUT2D eigenvalue weighted by molar-refractivity contribution is 5.73. The maximum Gasteiger partial charge on any atom is 0.310 e. The Bertz CT molecular complexity index is 414. The Labute approximate surface area is 109 Å². The van der Waals surface area contributed by atoms with Gasteiger partial charge in [-0.2, -0.15) is 0 Å². The molecule has 4 nitrogen and oxygen atoms in total. The lowest BCUT2D eigenvalue weighted by molar-refractivity contribution is -0.147. The normalized spacial score (nSPS) is 12.7. The summed E-state index contributed by atoms with van der Waals surface area (Å²) in [6.07, 6.45) is 1.93. The zero-order valence-electron chi connectivity index (χ0n) is 11.9. The summed E-state index contributed by atoms with van der Waals surface area (Å²) in [4.78, 5) is 11.1. The number of hydrogen-bond donors (Lipinski definition) is 2. The molecule has 0 saturated heterocycles. The van der Waals surface area contributed by atoms with Gasteiger partial charge < -0.3 is 15.0 Å². The number of carbonyl (C=O) groups is 1. The van der Waals surface area contributed by atoms with Gasteiger partial charge in [0.1, 0.15) is 0 Å². The average Bonchev–Trinajstić information content (AvgIpc) is 2.60. The van der Waals surface area contributed by atoms with Gasteiger partial charge in [0.25, 0.3) is 0 Å². The highest BCUT2D eigenvalue weighted by atomic mass is 16.4. The first-order valence-corrected chi connectivity index (χ1v) is 6.24. The van der Waals surface area contributed by atoms with Crippen LogP contribution in [0, 0.1) is 5.41 Å². The van der Waals surface area contributed by atoms with E-state index < -0.39 is 11.4 Å². The molecular formula is C14H24N2O2. The minimum Gasteiger partial charge on any atom is -0.481 e. The number of carboxylic acids is 1. The molecule has 0 aliphatic rings. The summed E-state index contributed by atoms with van der Waals surface area (Å²) < 4.78 is 2.01. The maximum atomic E-state index is 11.1. The number of rotatable bonds is 5. The molecule has 0 unspecified atom stereocenters. The highest BCUT2D eigenvalue weighted by Gasteiger charge is 2.28. The minimum absolute atomic E-state index is 0.0530. The van der Waals surface area contributed by atoms with Crippen LogP contribution in [0.1, 0.15) is 40.3 Å². The van der Waals surface area contributed by atoms with Crippen molar-refractivity contribution >= 4 is 5.97 Å². The van der Waals surface area contributed by atoms with Crippen molar-refractivity contribution in [2.45, 2.75) is 53.2 Å². The van der Waals surface area contributed by atoms with Gasteiger partial charge in [0.2, 0.25) is 0 Å². The lowest BCUT2D eigenvalue weighted by Gasteiger charge is -2.24. The number of nitrogens with one attached hydrogen (secondary N) is 1. The van der Waals surface area contributed by atoms with Gasteiger partial charge in [0.05, 0.1) is 5.41 Å². The summed E-state index contributed by atoms with van der Waals surface area (Å²) in [6, 6.07) is 3.98. The maximum absolute atomic E-state index is 11.1. The number of aliphatic carboxylic acids is 1. The predicted octanol–water partition coefficient (Wildman–Crippen LogP) is 2.49. The molecular weight excluding hydrogens is 228 g/mol. The van der Waals surface area contributed by atoms with Crippen molar-refractivity contribution in [1.82, 2.24) is 9.88 Å². The van der Waals surface area contributed by atoms with E-state index in [1.165, 1.54) is 0 Å². The summed E-state index contributed by atoms with van der Waals surface area (Å²) in [5.74, 6) is -0.772. The molecule has 1 heterocycles. The lowest BCUT2D eigenvalue weighted by Crippen LogP contribution is -2.36. The second-order valence-electron chi connectivity index (χ2n) is 6.42. The molecule has 0 aliphatic heterocycles. The summed E-state index contributed by atoms with van der Waals surface area (Å²) in [5, 5.41) is 12.6. The molecule has 0 saturated carbocycles. The second-order valence-corrected chi connectivity index (χ2v) is 6.42. The SMILES string of the molecule is CC(C)(C)NCc1cccn1CC(C)(C)C(=O)O. The first kappa shape index (κ1) is 14.8. The van der Waals surface area contributed by atoms with Gasteiger partial charge in [-0.1, -0.05) is 0 Å². The Hall–Kier alpha value is -1.29. The van der Waals surface area contributed by atoms with Crippen LogP contribution in [0.25, 0.3) is 0 Å². The minimum atomic E-state index is -0.772. The smallest absolute Gasteiger partial charge is 0.310 e. The van der Waals surface area contributed by atoms with Gasteiger partial charge in [-0.25, -0.2) is 0 Å². The Morgan fingerprint density at radius 1 is 1.33 bits per heavy atom. The van der Waals surface area contributed by atoms with Crippen LogP contribution in [-0.4, -0.2) is 21.2 Å². The van der Waals surface area contributed by atoms with Gasteiger partial charge >= 0.3 is 5.97 Å². The van der Waals surface area contributed by atoms with E-state index in [9.17, 15) is 4.79 Å². The zero-order chi connectivity index (χ0) is 14.0.